The van der Waals surface area contributed by atoms with Crippen molar-refractivity contribution < 1.29 is 9.53 Å². The van der Waals surface area contributed by atoms with Crippen LogP contribution >= 0.6 is 27.5 Å². The van der Waals surface area contributed by atoms with E-state index >= 15 is 0 Å². The molecule has 1 aromatic rings. The molecule has 4 nitrogen and oxygen atoms in total. The Morgan fingerprint density at radius 2 is 2.00 bits per heavy atom. The van der Waals surface area contributed by atoms with Gasteiger partial charge >= 0.3 is 0 Å². The van der Waals surface area contributed by atoms with Crippen molar-refractivity contribution in [2.24, 2.45) is 11.8 Å². The number of benzene rings is 1. The summed E-state index contributed by atoms with van der Waals surface area (Å²) in [7, 11) is 1.59. The maximum absolute atomic E-state index is 12.1. The van der Waals surface area contributed by atoms with Crippen molar-refractivity contribution in [3.63, 3.8) is 0 Å². The van der Waals surface area contributed by atoms with Gasteiger partial charge in [-0.05, 0) is 93.8 Å². The van der Waals surface area contributed by atoms with Crippen LogP contribution in [0.4, 0.5) is 0 Å². The molecule has 2 saturated heterocycles. The smallest absolute Gasteiger partial charge is 0.248 e. The van der Waals surface area contributed by atoms with Crippen LogP contribution in [0.15, 0.2) is 22.7 Å². The molecule has 2 aliphatic heterocycles. The molecule has 0 radical (unpaired) electrons. The number of carbonyl (C=O) groups excluding carboxylic acids is 1. The quantitative estimate of drug-likeness (QED) is 0.581. The van der Waals surface area contributed by atoms with E-state index in [9.17, 15) is 4.79 Å². The Morgan fingerprint density at radius 1 is 1.21 bits per heavy atom. The maximum atomic E-state index is 12.1. The second kappa shape index (κ2) is 11.0. The summed E-state index contributed by atoms with van der Waals surface area (Å²) < 4.78 is 6.17. The average molecular weight is 472 g/mol. The molecular weight excluding hydrogens is 440 g/mol. The van der Waals surface area contributed by atoms with E-state index < -0.39 is 0 Å². The number of hydrogen-bond donors (Lipinski definition) is 0. The maximum Gasteiger partial charge on any atom is 0.248 e. The van der Waals surface area contributed by atoms with Crippen molar-refractivity contribution in [3.8, 4) is 0 Å². The molecule has 2 heterocycles. The number of hydrogen-bond acceptors (Lipinski definition) is 3. The Kier molecular flexibility index (Phi) is 8.64. The third kappa shape index (κ3) is 6.45. The van der Waals surface area contributed by atoms with Crippen LogP contribution in [0.1, 0.15) is 37.7 Å². The summed E-state index contributed by atoms with van der Waals surface area (Å²) in [6.07, 6.45) is 7.17. The third-order valence-electron chi connectivity index (χ3n) is 6.22. The fourth-order valence-electron chi connectivity index (χ4n) is 4.53. The van der Waals surface area contributed by atoms with Crippen molar-refractivity contribution in [2.45, 2.75) is 38.5 Å². The molecule has 156 valence electrons. The fourth-order valence-corrected chi connectivity index (χ4v) is 5.14. The highest BCUT2D eigenvalue weighted by molar-refractivity contribution is 9.10. The summed E-state index contributed by atoms with van der Waals surface area (Å²) in [5, 5.41) is 0.821. The number of ether oxygens (including phenoxy) is 1. The van der Waals surface area contributed by atoms with E-state index in [0.29, 0.717) is 5.92 Å². The second-order valence-electron chi connectivity index (χ2n) is 8.29. The molecule has 2 aliphatic rings. The van der Waals surface area contributed by atoms with Gasteiger partial charge in [0, 0.05) is 29.7 Å². The molecule has 1 atom stereocenters. The first-order chi connectivity index (χ1) is 13.5. The van der Waals surface area contributed by atoms with E-state index in [0.717, 1.165) is 43.4 Å². The summed E-state index contributed by atoms with van der Waals surface area (Å²) in [4.78, 5) is 16.7. The molecule has 1 aromatic carbocycles. The van der Waals surface area contributed by atoms with Crippen LogP contribution in [-0.4, -0.2) is 62.1 Å². The highest BCUT2D eigenvalue weighted by Crippen LogP contribution is 2.28. The van der Waals surface area contributed by atoms with E-state index in [1.807, 2.05) is 11.0 Å². The first-order valence-electron chi connectivity index (χ1n) is 10.5. The number of nitrogens with zero attached hydrogens (tertiary/aromatic N) is 2. The predicted molar refractivity (Wildman–Crippen MR) is 118 cm³/mol. The van der Waals surface area contributed by atoms with Crippen molar-refractivity contribution in [1.82, 2.24) is 9.80 Å². The predicted octanol–water partition coefficient (Wildman–Crippen LogP) is 4.63. The summed E-state index contributed by atoms with van der Waals surface area (Å²) in [6, 6.07) is 6.09. The minimum absolute atomic E-state index is 0.139. The van der Waals surface area contributed by atoms with Gasteiger partial charge in [-0.2, -0.15) is 0 Å². The Labute approximate surface area is 182 Å². The van der Waals surface area contributed by atoms with Gasteiger partial charge in [0.25, 0.3) is 0 Å². The Morgan fingerprint density at radius 3 is 2.75 bits per heavy atom. The highest BCUT2D eigenvalue weighted by atomic mass is 79.9. The lowest BCUT2D eigenvalue weighted by atomic mass is 9.89. The number of methoxy groups -OCH3 is 1. The van der Waals surface area contributed by atoms with Crippen LogP contribution in [0, 0.1) is 11.8 Å². The molecule has 2 fully saturated rings. The first kappa shape index (κ1) is 22.1. The largest absolute Gasteiger partial charge is 0.375 e. The van der Waals surface area contributed by atoms with Gasteiger partial charge in [0.15, 0.2) is 0 Å². The molecule has 28 heavy (non-hydrogen) atoms. The van der Waals surface area contributed by atoms with E-state index in [1.54, 1.807) is 7.11 Å². The van der Waals surface area contributed by atoms with Crippen LogP contribution in [0.25, 0.3) is 0 Å². The van der Waals surface area contributed by atoms with Crippen molar-refractivity contribution >= 4 is 33.4 Å². The standard InChI is InChI=1S/C22H32BrClN2O2/c1-28-16-22(27)26-9-2-3-18(15-26)8-12-25-10-6-17(7-11-25)13-19-14-20(24)4-5-21(19)23/h4-5,14,17-18H,2-3,6-13,15-16H2,1H3. The zero-order chi connectivity index (χ0) is 19.9. The van der Waals surface area contributed by atoms with Crippen molar-refractivity contribution in [2.75, 3.05) is 46.4 Å². The molecule has 1 amide bonds. The van der Waals surface area contributed by atoms with Crippen LogP contribution in [0.2, 0.25) is 5.02 Å². The molecule has 0 aliphatic carbocycles. The van der Waals surface area contributed by atoms with Crippen LogP contribution in [0.5, 0.6) is 0 Å². The normalized spacial score (nSPS) is 21.8. The molecule has 0 spiro atoms. The first-order valence-corrected chi connectivity index (χ1v) is 11.6. The van der Waals surface area contributed by atoms with Crippen LogP contribution < -0.4 is 0 Å². The topological polar surface area (TPSA) is 32.8 Å². The Balaban J connectivity index is 1.38. The number of likely N-dealkylation sites (tertiary alicyclic amines) is 2. The number of rotatable bonds is 7. The monoisotopic (exact) mass is 470 g/mol. The number of carbonyl (C=O) groups is 1. The molecular formula is C22H32BrClN2O2. The average Bonchev–Trinajstić information content (AvgIpc) is 2.70. The lowest BCUT2D eigenvalue weighted by Gasteiger charge is -2.36. The summed E-state index contributed by atoms with van der Waals surface area (Å²) in [6.45, 7) is 5.53. The number of halogens is 2. The molecule has 0 bridgehead atoms. The van der Waals surface area contributed by atoms with E-state index in [-0.39, 0.29) is 12.5 Å². The molecule has 0 N–H and O–H groups in total. The van der Waals surface area contributed by atoms with E-state index in [1.165, 1.54) is 48.8 Å². The Bertz CT molecular complexity index is 649. The third-order valence-corrected chi connectivity index (χ3v) is 7.23. The molecule has 0 aromatic heterocycles. The van der Waals surface area contributed by atoms with Crippen LogP contribution in [0.3, 0.4) is 0 Å². The molecule has 1 unspecified atom stereocenters. The minimum Gasteiger partial charge on any atom is -0.375 e. The van der Waals surface area contributed by atoms with Gasteiger partial charge in [0.05, 0.1) is 0 Å². The van der Waals surface area contributed by atoms with Gasteiger partial charge in [-0.25, -0.2) is 0 Å². The molecule has 6 heteroatoms. The summed E-state index contributed by atoms with van der Waals surface area (Å²) in [5.74, 6) is 1.51. The van der Waals surface area contributed by atoms with Gasteiger partial charge in [-0.1, -0.05) is 27.5 Å². The molecule has 3 rings (SSSR count). The lowest BCUT2D eigenvalue weighted by molar-refractivity contribution is -0.137. The SMILES string of the molecule is COCC(=O)N1CCCC(CCN2CCC(Cc3cc(Cl)ccc3Br)CC2)C1. The Hall–Kier alpha value is -0.620. The van der Waals surface area contributed by atoms with Gasteiger partial charge in [-0.3, -0.25) is 4.79 Å². The molecule has 0 saturated carbocycles. The van der Waals surface area contributed by atoms with Crippen molar-refractivity contribution in [1.29, 1.82) is 0 Å². The summed E-state index contributed by atoms with van der Waals surface area (Å²) in [5.41, 5.74) is 1.33. The number of amides is 1. The lowest BCUT2D eigenvalue weighted by Crippen LogP contribution is -2.43. The van der Waals surface area contributed by atoms with Gasteiger partial charge in [0.2, 0.25) is 5.91 Å². The fraction of sp³-hybridized carbons (Fsp3) is 0.682. The second-order valence-corrected chi connectivity index (χ2v) is 9.59. The highest BCUT2D eigenvalue weighted by Gasteiger charge is 2.25. The van der Waals surface area contributed by atoms with Gasteiger partial charge in [-0.15, -0.1) is 0 Å². The number of piperidine rings is 2. The van der Waals surface area contributed by atoms with Crippen LogP contribution in [-0.2, 0) is 16.0 Å². The van der Waals surface area contributed by atoms with Gasteiger partial charge in [0.1, 0.15) is 6.61 Å². The minimum atomic E-state index is 0.139. The summed E-state index contributed by atoms with van der Waals surface area (Å²) >= 11 is 9.82. The van der Waals surface area contributed by atoms with Gasteiger partial charge < -0.3 is 14.5 Å². The zero-order valence-electron chi connectivity index (χ0n) is 16.8. The van der Waals surface area contributed by atoms with E-state index in [2.05, 4.69) is 33.0 Å². The van der Waals surface area contributed by atoms with E-state index in [4.69, 9.17) is 16.3 Å². The van der Waals surface area contributed by atoms with Crippen molar-refractivity contribution in [3.05, 3.63) is 33.3 Å². The zero-order valence-corrected chi connectivity index (χ0v) is 19.2.